The maximum absolute atomic E-state index is 12.4. The molecule has 5 heteroatoms. The van der Waals surface area contributed by atoms with Crippen LogP contribution in [0.25, 0.3) is 0 Å². The Balaban J connectivity index is 2.15. The molecule has 1 aromatic heterocycles. The van der Waals surface area contributed by atoms with Crippen LogP contribution in [0, 0.1) is 0 Å². The van der Waals surface area contributed by atoms with Crippen molar-refractivity contribution in [2.24, 2.45) is 5.73 Å². The lowest BCUT2D eigenvalue weighted by Gasteiger charge is -2.25. The van der Waals surface area contributed by atoms with Gasteiger partial charge in [-0.1, -0.05) is 23.7 Å². The van der Waals surface area contributed by atoms with Gasteiger partial charge in [0.2, 0.25) is 0 Å². The Morgan fingerprint density at radius 1 is 1.40 bits per heavy atom. The molecule has 0 aliphatic heterocycles. The third-order valence-corrected chi connectivity index (χ3v) is 3.61. The van der Waals surface area contributed by atoms with Crippen LogP contribution in [-0.4, -0.2) is 17.9 Å². The van der Waals surface area contributed by atoms with Crippen molar-refractivity contribution in [3.8, 4) is 0 Å². The van der Waals surface area contributed by atoms with Gasteiger partial charge in [-0.3, -0.25) is 4.79 Å². The number of hydrogen-bond acceptors (Lipinski definition) is 3. The van der Waals surface area contributed by atoms with Gasteiger partial charge >= 0.3 is 0 Å². The summed E-state index contributed by atoms with van der Waals surface area (Å²) in [4.78, 5) is 14.0. The SMILES string of the molecule is CC(c1ccc(Cl)cc1)N(C)C(=O)c1coc(CN)c1. The van der Waals surface area contributed by atoms with Gasteiger partial charge in [0.15, 0.2) is 0 Å². The first-order chi connectivity index (χ1) is 9.52. The van der Waals surface area contributed by atoms with E-state index in [1.54, 1.807) is 18.0 Å². The summed E-state index contributed by atoms with van der Waals surface area (Å²) in [6, 6.07) is 9.07. The molecule has 2 N–H and O–H groups in total. The molecule has 1 unspecified atom stereocenters. The molecule has 1 atom stereocenters. The second-order valence-electron chi connectivity index (χ2n) is 4.65. The summed E-state index contributed by atoms with van der Waals surface area (Å²) in [5.74, 6) is 0.497. The Morgan fingerprint density at radius 3 is 2.60 bits per heavy atom. The monoisotopic (exact) mass is 292 g/mol. The molecule has 0 saturated heterocycles. The van der Waals surface area contributed by atoms with E-state index in [1.807, 2.05) is 31.2 Å². The normalized spacial score (nSPS) is 12.2. The van der Waals surface area contributed by atoms with Crippen LogP contribution in [0.4, 0.5) is 0 Å². The largest absolute Gasteiger partial charge is 0.467 e. The molecule has 1 heterocycles. The molecule has 2 rings (SSSR count). The quantitative estimate of drug-likeness (QED) is 0.941. The Morgan fingerprint density at radius 2 is 2.05 bits per heavy atom. The van der Waals surface area contributed by atoms with Crippen molar-refractivity contribution in [3.05, 3.63) is 58.5 Å². The summed E-state index contributed by atoms with van der Waals surface area (Å²) in [6.45, 7) is 2.24. The summed E-state index contributed by atoms with van der Waals surface area (Å²) < 4.78 is 5.20. The fourth-order valence-electron chi connectivity index (χ4n) is 1.94. The van der Waals surface area contributed by atoms with Crippen LogP contribution in [0.5, 0.6) is 0 Å². The number of nitrogens with zero attached hydrogens (tertiary/aromatic N) is 1. The lowest BCUT2D eigenvalue weighted by Crippen LogP contribution is -2.29. The van der Waals surface area contributed by atoms with Crippen LogP contribution >= 0.6 is 11.6 Å². The molecular weight excluding hydrogens is 276 g/mol. The predicted octanol–water partition coefficient (Wildman–Crippen LogP) is 3.22. The molecule has 1 amide bonds. The minimum Gasteiger partial charge on any atom is -0.467 e. The van der Waals surface area contributed by atoms with Gasteiger partial charge in [0.05, 0.1) is 18.2 Å². The number of carbonyl (C=O) groups is 1. The van der Waals surface area contributed by atoms with Gasteiger partial charge in [-0.25, -0.2) is 0 Å². The molecule has 0 radical (unpaired) electrons. The van der Waals surface area contributed by atoms with E-state index in [2.05, 4.69) is 0 Å². The Kier molecular flexibility index (Phi) is 4.47. The van der Waals surface area contributed by atoms with Crippen molar-refractivity contribution >= 4 is 17.5 Å². The zero-order chi connectivity index (χ0) is 14.7. The van der Waals surface area contributed by atoms with E-state index in [4.69, 9.17) is 21.8 Å². The number of furan rings is 1. The Labute approximate surface area is 123 Å². The van der Waals surface area contributed by atoms with E-state index < -0.39 is 0 Å². The van der Waals surface area contributed by atoms with E-state index >= 15 is 0 Å². The topological polar surface area (TPSA) is 59.5 Å². The number of hydrogen-bond donors (Lipinski definition) is 1. The minimum atomic E-state index is -0.101. The van der Waals surface area contributed by atoms with Crippen LogP contribution < -0.4 is 5.73 Å². The van der Waals surface area contributed by atoms with Gasteiger partial charge in [0, 0.05) is 12.1 Å². The summed E-state index contributed by atoms with van der Waals surface area (Å²) in [7, 11) is 1.76. The van der Waals surface area contributed by atoms with E-state index in [0.29, 0.717) is 16.3 Å². The molecule has 0 fully saturated rings. The molecule has 0 aliphatic rings. The maximum atomic E-state index is 12.4. The summed E-state index contributed by atoms with van der Waals surface area (Å²) in [5, 5.41) is 0.678. The van der Waals surface area contributed by atoms with Gasteiger partial charge in [0.1, 0.15) is 12.0 Å². The summed E-state index contributed by atoms with van der Waals surface area (Å²) in [6.07, 6.45) is 1.44. The fourth-order valence-corrected chi connectivity index (χ4v) is 2.07. The molecule has 0 aliphatic carbocycles. The van der Waals surface area contributed by atoms with Crippen molar-refractivity contribution in [1.29, 1.82) is 0 Å². The number of halogens is 1. The number of rotatable bonds is 4. The van der Waals surface area contributed by atoms with Crippen molar-refractivity contribution in [2.45, 2.75) is 19.5 Å². The first-order valence-corrected chi connectivity index (χ1v) is 6.71. The predicted molar refractivity (Wildman–Crippen MR) is 78.6 cm³/mol. The highest BCUT2D eigenvalue weighted by Crippen LogP contribution is 2.23. The average molecular weight is 293 g/mol. The Hall–Kier alpha value is -1.78. The second kappa shape index (κ2) is 6.11. The van der Waals surface area contributed by atoms with Gasteiger partial charge in [-0.05, 0) is 30.7 Å². The molecule has 106 valence electrons. The highest BCUT2D eigenvalue weighted by atomic mass is 35.5. The lowest BCUT2D eigenvalue weighted by atomic mass is 10.1. The zero-order valence-electron chi connectivity index (χ0n) is 11.5. The molecular formula is C15H17ClN2O2. The molecule has 0 spiro atoms. The first-order valence-electron chi connectivity index (χ1n) is 6.33. The fraction of sp³-hybridized carbons (Fsp3) is 0.267. The number of carbonyl (C=O) groups excluding carboxylic acids is 1. The molecule has 20 heavy (non-hydrogen) atoms. The Bertz CT molecular complexity index is 592. The molecule has 2 aromatic rings. The second-order valence-corrected chi connectivity index (χ2v) is 5.09. The molecule has 0 saturated carbocycles. The van der Waals surface area contributed by atoms with Crippen LogP contribution in [0.3, 0.4) is 0 Å². The highest BCUT2D eigenvalue weighted by Gasteiger charge is 2.20. The van der Waals surface area contributed by atoms with Crippen LogP contribution in [0.15, 0.2) is 41.0 Å². The van der Waals surface area contributed by atoms with Crippen molar-refractivity contribution in [1.82, 2.24) is 4.90 Å². The molecule has 4 nitrogen and oxygen atoms in total. The minimum absolute atomic E-state index is 0.0593. The number of amides is 1. The lowest BCUT2D eigenvalue weighted by molar-refractivity contribution is 0.0742. The molecule has 0 bridgehead atoms. The first kappa shape index (κ1) is 14.6. The summed E-state index contributed by atoms with van der Waals surface area (Å²) >= 11 is 5.87. The summed E-state index contributed by atoms with van der Waals surface area (Å²) in [5.41, 5.74) is 7.00. The van der Waals surface area contributed by atoms with Gasteiger partial charge < -0.3 is 15.1 Å². The van der Waals surface area contributed by atoms with Crippen LogP contribution in [0.2, 0.25) is 5.02 Å². The van der Waals surface area contributed by atoms with E-state index in [9.17, 15) is 4.79 Å². The smallest absolute Gasteiger partial charge is 0.257 e. The zero-order valence-corrected chi connectivity index (χ0v) is 12.2. The van der Waals surface area contributed by atoms with E-state index in [1.165, 1.54) is 6.26 Å². The highest BCUT2D eigenvalue weighted by molar-refractivity contribution is 6.30. The van der Waals surface area contributed by atoms with Crippen molar-refractivity contribution in [2.75, 3.05) is 7.05 Å². The average Bonchev–Trinajstić information content (AvgIpc) is 2.94. The van der Waals surface area contributed by atoms with Crippen LogP contribution in [0.1, 0.15) is 34.6 Å². The van der Waals surface area contributed by atoms with E-state index in [-0.39, 0.29) is 18.5 Å². The van der Waals surface area contributed by atoms with Gasteiger partial charge in [-0.15, -0.1) is 0 Å². The number of nitrogens with two attached hydrogens (primary N) is 1. The molecule has 1 aromatic carbocycles. The maximum Gasteiger partial charge on any atom is 0.257 e. The van der Waals surface area contributed by atoms with Gasteiger partial charge in [-0.2, -0.15) is 0 Å². The standard InChI is InChI=1S/C15H17ClN2O2/c1-10(11-3-5-13(16)6-4-11)18(2)15(19)12-7-14(8-17)20-9-12/h3-7,9-10H,8,17H2,1-2H3. The van der Waals surface area contributed by atoms with Crippen molar-refractivity contribution < 1.29 is 9.21 Å². The van der Waals surface area contributed by atoms with Crippen molar-refractivity contribution in [3.63, 3.8) is 0 Å². The van der Waals surface area contributed by atoms with Crippen LogP contribution in [-0.2, 0) is 6.54 Å². The van der Waals surface area contributed by atoms with Gasteiger partial charge in [0.25, 0.3) is 5.91 Å². The third-order valence-electron chi connectivity index (χ3n) is 3.36. The van der Waals surface area contributed by atoms with E-state index in [0.717, 1.165) is 5.56 Å². The third kappa shape index (κ3) is 3.03. The number of benzene rings is 1.